The number of carbonyl (C=O) groups is 2. The van der Waals surface area contributed by atoms with Gasteiger partial charge in [0.15, 0.2) is 0 Å². The predicted octanol–water partition coefficient (Wildman–Crippen LogP) is -2.20. The third kappa shape index (κ3) is 9.39. The van der Waals surface area contributed by atoms with Gasteiger partial charge in [0.05, 0.1) is 42.3 Å². The van der Waals surface area contributed by atoms with Crippen molar-refractivity contribution in [1.29, 1.82) is 0 Å². The zero-order valence-corrected chi connectivity index (χ0v) is 26.7. The Morgan fingerprint density at radius 3 is 1.23 bits per heavy atom. The lowest BCUT2D eigenvalue weighted by molar-refractivity contribution is -0.001000. The summed E-state index contributed by atoms with van der Waals surface area (Å²) in [5, 5.41) is 0. The number of halogens is 2. The summed E-state index contributed by atoms with van der Waals surface area (Å²) in [6.45, 7) is 0. The molecule has 2 aromatic rings. The van der Waals surface area contributed by atoms with Crippen LogP contribution in [0.4, 0.5) is 21.0 Å². The largest absolute Gasteiger partial charge is 1.00 e. The van der Waals surface area contributed by atoms with Gasteiger partial charge in [0.25, 0.3) is 0 Å². The Morgan fingerprint density at radius 2 is 0.971 bits per heavy atom. The molecule has 0 saturated carbocycles. The molecule has 0 spiro atoms. The van der Waals surface area contributed by atoms with Gasteiger partial charge in [-0.25, -0.2) is 9.59 Å². The molecule has 0 atom stereocenters. The van der Waals surface area contributed by atoms with Gasteiger partial charge in [-0.1, -0.05) is 0 Å². The minimum atomic E-state index is -0.450. The lowest BCUT2D eigenvalue weighted by atomic mass is 10.0. The van der Waals surface area contributed by atoms with Gasteiger partial charge in [-0.05, 0) is 35.4 Å². The molecule has 2 aromatic carbocycles. The van der Waals surface area contributed by atoms with Crippen LogP contribution in [0.25, 0.3) is 0 Å². The van der Waals surface area contributed by atoms with Crippen LogP contribution >= 0.6 is 0 Å². The molecule has 10 heteroatoms. The second kappa shape index (κ2) is 13.1. The maximum absolute atomic E-state index is 12.3. The first-order valence-electron chi connectivity index (χ1n) is 10.8. The highest BCUT2D eigenvalue weighted by Gasteiger charge is 2.22. The van der Waals surface area contributed by atoms with E-state index < -0.39 is 12.2 Å². The van der Waals surface area contributed by atoms with Crippen LogP contribution < -0.4 is 66.4 Å². The van der Waals surface area contributed by atoms with Gasteiger partial charge >= 0.3 is 12.2 Å². The molecule has 0 unspecified atom stereocenters. The molecule has 0 fully saturated rings. The molecule has 0 radical (unpaired) electrons. The third-order valence-corrected chi connectivity index (χ3v) is 5.16. The number of carbonyl (C=O) groups excluding carboxylic acids is 2. The lowest BCUT2D eigenvalue weighted by Gasteiger charge is -2.26. The molecule has 35 heavy (non-hydrogen) atoms. The summed E-state index contributed by atoms with van der Waals surface area (Å²) in [5.74, 6) is 0.972. The smallest absolute Gasteiger partial charge is 0.414 e. The summed E-state index contributed by atoms with van der Waals surface area (Å²) < 4.78 is 12.6. The maximum Gasteiger partial charge on any atom is 0.414 e. The Bertz CT molecular complexity index is 948. The van der Waals surface area contributed by atoms with Gasteiger partial charge in [0.2, 0.25) is 0 Å². The zero-order chi connectivity index (χ0) is 25.1. The molecule has 8 nitrogen and oxygen atoms in total. The molecule has 0 aliphatic heterocycles. The fourth-order valence-electron chi connectivity index (χ4n) is 2.98. The molecule has 0 aromatic heterocycles. The quantitative estimate of drug-likeness (QED) is 0.253. The summed E-state index contributed by atoms with van der Waals surface area (Å²) in [6.07, 6.45) is -0.468. The summed E-state index contributed by atoms with van der Waals surface area (Å²) in [4.78, 5) is 27.5. The second-order valence-electron chi connectivity index (χ2n) is 10.3. The number of benzene rings is 2. The van der Waals surface area contributed by atoms with E-state index in [0.717, 1.165) is 22.5 Å². The minimum Gasteiger partial charge on any atom is -1.00 e. The molecule has 0 bridgehead atoms. The standard InChI is InChI=1S/C25H38N4O4.2HI/c1-26(2)24(30)32-22-16-20(28(5,6)7)13-11-18(22)15-19-12-14-21(29(8,9)10)17-23(19)33-25(31)27(3)4;;/h11-14,16-17H,15H2,1-10H3;2*1H/q+2;;/p-2. The highest BCUT2D eigenvalue weighted by Crippen LogP contribution is 2.34. The monoisotopic (exact) mass is 712 g/mol. The summed E-state index contributed by atoms with van der Waals surface area (Å²) in [7, 11) is 18.9. The van der Waals surface area contributed by atoms with Gasteiger partial charge in [0.1, 0.15) is 22.9 Å². The molecule has 2 amide bonds. The third-order valence-electron chi connectivity index (χ3n) is 5.16. The van der Waals surface area contributed by atoms with Gasteiger partial charge < -0.3 is 67.2 Å². The lowest BCUT2D eigenvalue weighted by Crippen LogP contribution is -3.00. The highest BCUT2D eigenvalue weighted by atomic mass is 127. The van der Waals surface area contributed by atoms with E-state index in [-0.39, 0.29) is 48.0 Å². The van der Waals surface area contributed by atoms with E-state index >= 15 is 0 Å². The number of hydrogen-bond acceptors (Lipinski definition) is 4. The van der Waals surface area contributed by atoms with E-state index in [2.05, 4.69) is 42.3 Å². The van der Waals surface area contributed by atoms with Crippen molar-refractivity contribution in [3.8, 4) is 11.5 Å². The van der Waals surface area contributed by atoms with Gasteiger partial charge in [-0.2, -0.15) is 0 Å². The van der Waals surface area contributed by atoms with Crippen molar-refractivity contribution in [2.24, 2.45) is 0 Å². The molecular weight excluding hydrogens is 674 g/mol. The highest BCUT2D eigenvalue weighted by molar-refractivity contribution is 5.72. The number of rotatable bonds is 6. The molecule has 0 heterocycles. The topological polar surface area (TPSA) is 59.1 Å². The second-order valence-corrected chi connectivity index (χ2v) is 10.3. The normalized spacial score (nSPS) is 11.0. The van der Waals surface area contributed by atoms with E-state index in [1.165, 1.54) is 9.80 Å². The molecule has 0 saturated heterocycles. The average Bonchev–Trinajstić information content (AvgIpc) is 2.68. The molecule has 196 valence electrons. The van der Waals surface area contributed by atoms with E-state index in [4.69, 9.17) is 9.47 Å². The van der Waals surface area contributed by atoms with Crippen molar-refractivity contribution in [3.05, 3.63) is 47.5 Å². The Hall–Kier alpha value is -1.64. The molecule has 2 rings (SSSR count). The molecular formula is C25H38I2N4O4. The Kier molecular flexibility index (Phi) is 12.4. The van der Waals surface area contributed by atoms with Crippen LogP contribution in [0.1, 0.15) is 11.1 Å². The van der Waals surface area contributed by atoms with Crippen molar-refractivity contribution in [2.75, 3.05) is 70.5 Å². The summed E-state index contributed by atoms with van der Waals surface area (Å²) in [6, 6.07) is 11.7. The first-order chi connectivity index (χ1) is 15.1. The van der Waals surface area contributed by atoms with Crippen LogP contribution in [0.5, 0.6) is 11.5 Å². The van der Waals surface area contributed by atoms with Crippen molar-refractivity contribution in [1.82, 2.24) is 18.8 Å². The number of nitrogens with zero attached hydrogens (tertiary/aromatic N) is 4. The van der Waals surface area contributed by atoms with E-state index in [1.807, 2.05) is 36.4 Å². The Balaban J connectivity index is 0.00000578. The molecule has 0 N–H and O–H groups in total. The van der Waals surface area contributed by atoms with Crippen LogP contribution in [0.2, 0.25) is 0 Å². The number of quaternary nitrogens is 2. The van der Waals surface area contributed by atoms with Crippen LogP contribution in [0.3, 0.4) is 0 Å². The van der Waals surface area contributed by atoms with Gasteiger partial charge in [0, 0.05) is 46.7 Å². The Labute approximate surface area is 244 Å². The Morgan fingerprint density at radius 1 is 0.657 bits per heavy atom. The van der Waals surface area contributed by atoms with Crippen molar-refractivity contribution < 1.29 is 67.0 Å². The first-order valence-corrected chi connectivity index (χ1v) is 10.8. The maximum atomic E-state index is 12.3. The van der Waals surface area contributed by atoms with Gasteiger partial charge in [-0.3, -0.25) is 8.97 Å². The fourth-order valence-corrected chi connectivity index (χ4v) is 2.98. The SMILES string of the molecule is CN(C)C(=O)Oc1cc([N+](C)(C)C)ccc1Cc1ccc([N+](C)(C)C)cc1OC(=O)N(C)C.[I-].[I-]. The van der Waals surface area contributed by atoms with Crippen LogP contribution in [-0.2, 0) is 6.42 Å². The van der Waals surface area contributed by atoms with Crippen molar-refractivity contribution in [2.45, 2.75) is 6.42 Å². The first kappa shape index (κ1) is 33.4. The number of hydrogen-bond donors (Lipinski definition) is 0. The number of amides is 2. The minimum absolute atomic E-state index is 0. The zero-order valence-electron chi connectivity index (χ0n) is 22.3. The molecule has 0 aliphatic carbocycles. The average molecular weight is 712 g/mol. The van der Waals surface area contributed by atoms with Crippen LogP contribution in [0, 0.1) is 0 Å². The van der Waals surface area contributed by atoms with Crippen LogP contribution in [0.15, 0.2) is 36.4 Å². The van der Waals surface area contributed by atoms with E-state index in [0.29, 0.717) is 26.9 Å². The number of ether oxygens (including phenoxy) is 2. The van der Waals surface area contributed by atoms with E-state index in [1.54, 1.807) is 28.2 Å². The summed E-state index contributed by atoms with van der Waals surface area (Å²) in [5.41, 5.74) is 3.64. The summed E-state index contributed by atoms with van der Waals surface area (Å²) >= 11 is 0. The van der Waals surface area contributed by atoms with Gasteiger partial charge in [-0.15, -0.1) is 0 Å². The van der Waals surface area contributed by atoms with Crippen LogP contribution in [-0.4, -0.2) is 92.5 Å². The van der Waals surface area contributed by atoms with Crippen molar-refractivity contribution >= 4 is 23.6 Å². The predicted molar refractivity (Wildman–Crippen MR) is 134 cm³/mol. The van der Waals surface area contributed by atoms with Crippen molar-refractivity contribution in [3.63, 3.8) is 0 Å². The molecule has 0 aliphatic rings. The van der Waals surface area contributed by atoms with E-state index in [9.17, 15) is 9.59 Å². The fraction of sp³-hybridized carbons (Fsp3) is 0.440.